The van der Waals surface area contributed by atoms with Gasteiger partial charge in [0.25, 0.3) is 5.91 Å². The van der Waals surface area contributed by atoms with Crippen molar-refractivity contribution in [3.05, 3.63) is 70.7 Å². The van der Waals surface area contributed by atoms with Gasteiger partial charge in [-0.15, -0.1) is 0 Å². The van der Waals surface area contributed by atoms with E-state index in [1.54, 1.807) is 19.1 Å². The minimum absolute atomic E-state index is 0.0749. The van der Waals surface area contributed by atoms with Crippen LogP contribution in [-0.4, -0.2) is 33.2 Å². The van der Waals surface area contributed by atoms with E-state index >= 15 is 0 Å². The molecule has 1 aromatic carbocycles. The van der Waals surface area contributed by atoms with Gasteiger partial charge in [-0.05, 0) is 53.2 Å². The van der Waals surface area contributed by atoms with Crippen molar-refractivity contribution in [2.75, 3.05) is 11.9 Å². The maximum Gasteiger partial charge on any atom is 0.343 e. The van der Waals surface area contributed by atoms with Crippen LogP contribution in [0, 0.1) is 0 Å². The van der Waals surface area contributed by atoms with Crippen molar-refractivity contribution in [2.24, 2.45) is 0 Å². The fourth-order valence-corrected chi connectivity index (χ4v) is 3.09. The number of para-hydroxylation sites is 1. The maximum atomic E-state index is 12.6. The van der Waals surface area contributed by atoms with Crippen LogP contribution in [0.3, 0.4) is 0 Å². The van der Waals surface area contributed by atoms with E-state index in [0.717, 1.165) is 10.9 Å². The number of furan rings is 1. The van der Waals surface area contributed by atoms with Crippen LogP contribution in [0.5, 0.6) is 0 Å². The van der Waals surface area contributed by atoms with E-state index in [-0.39, 0.29) is 23.7 Å². The van der Waals surface area contributed by atoms with Crippen molar-refractivity contribution < 1.29 is 18.7 Å². The van der Waals surface area contributed by atoms with Gasteiger partial charge in [0, 0.05) is 5.39 Å². The Morgan fingerprint density at radius 2 is 2.00 bits per heavy atom. The summed E-state index contributed by atoms with van der Waals surface area (Å²) in [6, 6.07) is 14.4. The molecule has 146 valence electrons. The molecule has 8 nitrogen and oxygen atoms in total. The fraction of sp³-hybridized carbons (Fsp3) is 0.100. The van der Waals surface area contributed by atoms with Crippen molar-refractivity contribution in [1.82, 2.24) is 14.8 Å². The Bertz CT molecular complexity index is 1210. The minimum atomic E-state index is -0.601. The van der Waals surface area contributed by atoms with Gasteiger partial charge in [0.05, 0.1) is 18.3 Å². The lowest BCUT2D eigenvalue weighted by Crippen LogP contribution is -2.18. The molecular formula is C20H15BrN4O4. The van der Waals surface area contributed by atoms with Gasteiger partial charge in [-0.1, -0.05) is 18.2 Å². The number of aromatic nitrogens is 3. The molecule has 0 radical (unpaired) electrons. The second-order valence-electron chi connectivity index (χ2n) is 5.96. The third-order valence-electron chi connectivity index (χ3n) is 4.09. The van der Waals surface area contributed by atoms with Crippen LogP contribution in [0.2, 0.25) is 0 Å². The van der Waals surface area contributed by atoms with E-state index in [0.29, 0.717) is 10.5 Å². The van der Waals surface area contributed by atoms with E-state index in [1.165, 1.54) is 16.9 Å². The monoisotopic (exact) mass is 454 g/mol. The van der Waals surface area contributed by atoms with Gasteiger partial charge in [0.2, 0.25) is 0 Å². The molecule has 0 unspecified atom stereocenters. The number of benzene rings is 1. The SMILES string of the molecule is CCOC(=O)c1cnn(-c2ccc3ccccc3n2)c1NC(=O)c1ccc(Br)o1. The first-order valence-corrected chi connectivity index (χ1v) is 9.54. The molecule has 4 rings (SSSR count). The van der Waals surface area contributed by atoms with Crippen molar-refractivity contribution in [2.45, 2.75) is 6.92 Å². The number of halogens is 1. The largest absolute Gasteiger partial charge is 0.462 e. The molecule has 0 saturated heterocycles. The maximum absolute atomic E-state index is 12.6. The predicted octanol–water partition coefficient (Wildman–Crippen LogP) is 4.21. The van der Waals surface area contributed by atoms with Crippen LogP contribution in [0.25, 0.3) is 16.7 Å². The van der Waals surface area contributed by atoms with Gasteiger partial charge in [0.15, 0.2) is 22.1 Å². The number of hydrogen-bond acceptors (Lipinski definition) is 6. The van der Waals surface area contributed by atoms with E-state index in [4.69, 9.17) is 9.15 Å². The third-order valence-corrected chi connectivity index (χ3v) is 4.52. The van der Waals surface area contributed by atoms with Gasteiger partial charge in [-0.3, -0.25) is 4.79 Å². The highest BCUT2D eigenvalue weighted by molar-refractivity contribution is 9.10. The number of carbonyl (C=O) groups is 2. The molecule has 0 aliphatic heterocycles. The number of ether oxygens (including phenoxy) is 1. The van der Waals surface area contributed by atoms with E-state index in [9.17, 15) is 9.59 Å². The molecule has 4 aromatic rings. The number of rotatable bonds is 5. The highest BCUT2D eigenvalue weighted by Crippen LogP contribution is 2.24. The highest BCUT2D eigenvalue weighted by Gasteiger charge is 2.23. The number of anilines is 1. The molecule has 1 amide bonds. The number of nitrogens with one attached hydrogen (secondary N) is 1. The number of amides is 1. The van der Waals surface area contributed by atoms with Crippen molar-refractivity contribution in [1.29, 1.82) is 0 Å². The number of fused-ring (bicyclic) bond motifs is 1. The second-order valence-corrected chi connectivity index (χ2v) is 6.74. The lowest BCUT2D eigenvalue weighted by Gasteiger charge is -2.10. The summed E-state index contributed by atoms with van der Waals surface area (Å²) in [6.07, 6.45) is 1.34. The molecule has 9 heteroatoms. The van der Waals surface area contributed by atoms with E-state index in [1.807, 2.05) is 30.3 Å². The van der Waals surface area contributed by atoms with Gasteiger partial charge in [-0.25, -0.2) is 9.78 Å². The zero-order valence-corrected chi connectivity index (χ0v) is 16.8. The van der Waals surface area contributed by atoms with Crippen LogP contribution >= 0.6 is 15.9 Å². The van der Waals surface area contributed by atoms with Crippen LogP contribution in [0.1, 0.15) is 27.8 Å². The Kier molecular flexibility index (Phi) is 5.13. The average molecular weight is 455 g/mol. The standard InChI is InChI=1S/C20H15BrN4O4/c1-2-28-20(27)13-11-22-25(17-10-7-12-5-3-4-6-14(12)23-17)18(13)24-19(26)15-8-9-16(21)29-15/h3-11H,2H2,1H3,(H,24,26). The van der Waals surface area contributed by atoms with Gasteiger partial charge in [-0.2, -0.15) is 9.78 Å². The summed E-state index contributed by atoms with van der Waals surface area (Å²) in [5.41, 5.74) is 0.867. The number of carbonyl (C=O) groups excluding carboxylic acids is 2. The van der Waals surface area contributed by atoms with Crippen LogP contribution in [0.4, 0.5) is 5.82 Å². The highest BCUT2D eigenvalue weighted by atomic mass is 79.9. The van der Waals surface area contributed by atoms with Gasteiger partial charge >= 0.3 is 5.97 Å². The summed E-state index contributed by atoms with van der Waals surface area (Å²) in [7, 11) is 0. The first-order valence-electron chi connectivity index (χ1n) is 8.75. The van der Waals surface area contributed by atoms with Crippen LogP contribution in [-0.2, 0) is 4.74 Å². The Labute approximate surface area is 173 Å². The van der Waals surface area contributed by atoms with Crippen LogP contribution < -0.4 is 5.32 Å². The van der Waals surface area contributed by atoms with E-state index in [2.05, 4.69) is 31.3 Å². The lowest BCUT2D eigenvalue weighted by molar-refractivity contribution is 0.0527. The van der Waals surface area contributed by atoms with Crippen molar-refractivity contribution in [3.63, 3.8) is 0 Å². The number of nitrogens with zero attached hydrogens (tertiary/aromatic N) is 3. The van der Waals surface area contributed by atoms with Gasteiger partial charge in [0.1, 0.15) is 5.56 Å². The summed E-state index contributed by atoms with van der Waals surface area (Å²) >= 11 is 3.16. The number of pyridine rings is 1. The second kappa shape index (κ2) is 7.88. The molecule has 3 aromatic heterocycles. The minimum Gasteiger partial charge on any atom is -0.462 e. The number of hydrogen-bond donors (Lipinski definition) is 1. The molecule has 0 fully saturated rings. The molecule has 3 heterocycles. The summed E-state index contributed by atoms with van der Waals surface area (Å²) in [6.45, 7) is 1.89. The van der Waals surface area contributed by atoms with Crippen LogP contribution in [0.15, 0.2) is 63.8 Å². The molecule has 0 saturated carbocycles. The summed E-state index contributed by atoms with van der Waals surface area (Å²) in [5, 5.41) is 7.89. The summed E-state index contributed by atoms with van der Waals surface area (Å²) in [5.74, 6) is -0.482. The lowest BCUT2D eigenvalue weighted by atomic mass is 10.2. The summed E-state index contributed by atoms with van der Waals surface area (Å²) in [4.78, 5) is 29.6. The molecule has 0 aliphatic rings. The molecule has 0 aliphatic carbocycles. The quantitative estimate of drug-likeness (QED) is 0.453. The Balaban J connectivity index is 1.78. The smallest absolute Gasteiger partial charge is 0.343 e. The molecule has 0 spiro atoms. The normalized spacial score (nSPS) is 10.8. The molecule has 0 atom stereocenters. The fourth-order valence-electron chi connectivity index (χ4n) is 2.78. The van der Waals surface area contributed by atoms with Crippen molar-refractivity contribution >= 4 is 44.5 Å². The molecule has 29 heavy (non-hydrogen) atoms. The average Bonchev–Trinajstić information content (AvgIpc) is 3.34. The van der Waals surface area contributed by atoms with E-state index < -0.39 is 11.9 Å². The Hall–Kier alpha value is -3.46. The Morgan fingerprint density at radius 1 is 1.17 bits per heavy atom. The number of esters is 1. The Morgan fingerprint density at radius 3 is 2.76 bits per heavy atom. The zero-order chi connectivity index (χ0) is 20.4. The topological polar surface area (TPSA) is 99.2 Å². The first kappa shape index (κ1) is 18.9. The molecule has 1 N–H and O–H groups in total. The predicted molar refractivity (Wildman–Crippen MR) is 109 cm³/mol. The van der Waals surface area contributed by atoms with Crippen molar-refractivity contribution in [3.8, 4) is 5.82 Å². The summed E-state index contributed by atoms with van der Waals surface area (Å²) < 4.78 is 12.2. The third kappa shape index (κ3) is 3.77. The van der Waals surface area contributed by atoms with Gasteiger partial charge < -0.3 is 14.5 Å². The first-order chi connectivity index (χ1) is 14.1. The molecule has 0 bridgehead atoms. The molecular weight excluding hydrogens is 440 g/mol. The zero-order valence-electron chi connectivity index (χ0n) is 15.3.